The average Bonchev–Trinajstić information content (AvgIpc) is 2.91. The van der Waals surface area contributed by atoms with E-state index in [0.29, 0.717) is 16.9 Å². The van der Waals surface area contributed by atoms with Crippen LogP contribution in [0.15, 0.2) is 61.2 Å². The molecule has 0 heterocycles. The maximum atomic E-state index is 12.6. The number of anilines is 2. The highest BCUT2D eigenvalue weighted by molar-refractivity contribution is 5.90. The lowest BCUT2D eigenvalue weighted by Gasteiger charge is -2.28. The summed E-state index contributed by atoms with van der Waals surface area (Å²) in [6.45, 7) is 4.63. The molecular weight excluding hydrogens is 480 g/mol. The van der Waals surface area contributed by atoms with Crippen LogP contribution in [0, 0.1) is 0 Å². The van der Waals surface area contributed by atoms with E-state index in [1.807, 2.05) is 6.08 Å². The van der Waals surface area contributed by atoms with E-state index in [1.165, 1.54) is 25.3 Å². The van der Waals surface area contributed by atoms with Crippen LogP contribution in [0.25, 0.3) is 6.08 Å². The Labute approximate surface area is 225 Å². The Kier molecular flexibility index (Phi) is 11.9. The van der Waals surface area contributed by atoms with Crippen molar-refractivity contribution in [3.63, 3.8) is 0 Å². The molecule has 7 heteroatoms. The van der Waals surface area contributed by atoms with E-state index in [4.69, 9.17) is 25.7 Å². The van der Waals surface area contributed by atoms with Gasteiger partial charge in [-0.1, -0.05) is 31.1 Å². The van der Waals surface area contributed by atoms with Gasteiger partial charge in [-0.15, -0.1) is 6.58 Å². The Bertz CT molecular complexity index is 1050. The lowest BCUT2D eigenvalue weighted by atomic mass is 9.95. The molecule has 1 saturated carbocycles. The number of allylic oxidation sites excluding steroid dienone is 1. The molecule has 0 saturated heterocycles. The smallest absolute Gasteiger partial charge is 0.338 e. The van der Waals surface area contributed by atoms with E-state index in [-0.39, 0.29) is 24.8 Å². The van der Waals surface area contributed by atoms with Gasteiger partial charge in [0.15, 0.2) is 0 Å². The van der Waals surface area contributed by atoms with Gasteiger partial charge in [-0.25, -0.2) is 9.59 Å². The number of hydrogen-bond donors (Lipinski definition) is 2. The largest absolute Gasteiger partial charge is 0.459 e. The summed E-state index contributed by atoms with van der Waals surface area (Å²) in [7, 11) is 0. The van der Waals surface area contributed by atoms with Gasteiger partial charge >= 0.3 is 11.9 Å². The molecule has 0 spiro atoms. The molecule has 0 aliphatic heterocycles. The fraction of sp³-hybridized carbons (Fsp3) is 0.419. The molecule has 3 rings (SSSR count). The minimum absolute atomic E-state index is 0.0770. The van der Waals surface area contributed by atoms with Gasteiger partial charge in [0.05, 0.1) is 11.7 Å². The normalized spacial score (nSPS) is 17.3. The third-order valence-corrected chi connectivity index (χ3v) is 6.53. The topological polar surface area (TPSA) is 114 Å². The third kappa shape index (κ3) is 10.4. The van der Waals surface area contributed by atoms with Crippen molar-refractivity contribution in [1.82, 2.24) is 0 Å². The second kappa shape index (κ2) is 15.6. The Morgan fingerprint density at radius 3 is 2.24 bits per heavy atom. The quantitative estimate of drug-likeness (QED) is 0.0998. The standard InChI is InChI=1S/C31H40N2O5/c1-2-3-4-5-6-7-18-36-28-13-15-29(16-14-28)38-31(35)25-11-8-23(9-12-25)10-17-30(34)37-22-24-19-26(32)21-27(33)20-24/h2,8-12,17,19-21,28-29H,1,3-7,13-16,18,22,32-33H2. The van der Waals surface area contributed by atoms with Gasteiger partial charge in [0.2, 0.25) is 0 Å². The fourth-order valence-electron chi connectivity index (χ4n) is 4.46. The van der Waals surface area contributed by atoms with Crippen molar-refractivity contribution in [1.29, 1.82) is 0 Å². The third-order valence-electron chi connectivity index (χ3n) is 6.53. The highest BCUT2D eigenvalue weighted by atomic mass is 16.5. The number of hydrogen-bond acceptors (Lipinski definition) is 7. The number of esters is 2. The lowest BCUT2D eigenvalue weighted by Crippen LogP contribution is -2.28. The molecule has 0 amide bonds. The Balaban J connectivity index is 1.34. The maximum Gasteiger partial charge on any atom is 0.338 e. The van der Waals surface area contributed by atoms with E-state index in [1.54, 1.807) is 48.5 Å². The summed E-state index contributed by atoms with van der Waals surface area (Å²) in [6, 6.07) is 12.0. The van der Waals surface area contributed by atoms with Crippen LogP contribution in [0.4, 0.5) is 11.4 Å². The first-order valence-corrected chi connectivity index (χ1v) is 13.5. The number of unbranched alkanes of at least 4 members (excludes halogenated alkanes) is 4. The monoisotopic (exact) mass is 520 g/mol. The summed E-state index contributed by atoms with van der Waals surface area (Å²) in [4.78, 5) is 24.6. The SMILES string of the molecule is C=CCCCCCCOC1CCC(OC(=O)c2ccc(C=CC(=O)OCc3cc(N)cc(N)c3)cc2)CC1. The van der Waals surface area contributed by atoms with Gasteiger partial charge in [0, 0.05) is 24.1 Å². The summed E-state index contributed by atoms with van der Waals surface area (Å²) in [6.07, 6.45) is 14.4. The summed E-state index contributed by atoms with van der Waals surface area (Å²) < 4.78 is 17.0. The van der Waals surface area contributed by atoms with Gasteiger partial charge in [0.25, 0.3) is 0 Å². The number of ether oxygens (including phenoxy) is 3. The molecule has 1 fully saturated rings. The summed E-state index contributed by atoms with van der Waals surface area (Å²) >= 11 is 0. The van der Waals surface area contributed by atoms with Gasteiger partial charge < -0.3 is 25.7 Å². The van der Waals surface area contributed by atoms with Crippen LogP contribution >= 0.6 is 0 Å². The predicted molar refractivity (Wildman–Crippen MR) is 151 cm³/mol. The van der Waals surface area contributed by atoms with Crippen LogP contribution in [0.5, 0.6) is 0 Å². The number of carbonyl (C=O) groups is 2. The molecule has 204 valence electrons. The molecule has 4 N–H and O–H groups in total. The number of benzene rings is 2. The molecule has 0 aromatic heterocycles. The molecule has 2 aromatic carbocycles. The molecule has 0 radical (unpaired) electrons. The van der Waals surface area contributed by atoms with Crippen LogP contribution in [-0.2, 0) is 25.6 Å². The molecule has 0 atom stereocenters. The van der Waals surface area contributed by atoms with E-state index in [0.717, 1.165) is 56.3 Å². The highest BCUT2D eigenvalue weighted by Crippen LogP contribution is 2.25. The summed E-state index contributed by atoms with van der Waals surface area (Å²) in [5.41, 5.74) is 14.5. The summed E-state index contributed by atoms with van der Waals surface area (Å²) in [5.74, 6) is -0.817. The van der Waals surface area contributed by atoms with Crippen molar-refractivity contribution >= 4 is 29.4 Å². The lowest BCUT2D eigenvalue weighted by molar-refractivity contribution is -0.138. The van der Waals surface area contributed by atoms with Crippen LogP contribution < -0.4 is 11.5 Å². The van der Waals surface area contributed by atoms with E-state index < -0.39 is 5.97 Å². The van der Waals surface area contributed by atoms with Crippen LogP contribution in [0.1, 0.15) is 79.3 Å². The van der Waals surface area contributed by atoms with Gasteiger partial charge in [-0.3, -0.25) is 0 Å². The van der Waals surface area contributed by atoms with Crippen molar-refractivity contribution in [2.24, 2.45) is 0 Å². The van der Waals surface area contributed by atoms with Gasteiger partial charge in [-0.05, 0) is 92.5 Å². The first-order chi connectivity index (χ1) is 18.4. The van der Waals surface area contributed by atoms with Crippen LogP contribution in [0.3, 0.4) is 0 Å². The number of rotatable bonds is 14. The molecular formula is C31H40N2O5. The molecule has 1 aliphatic rings. The number of carbonyl (C=O) groups excluding carboxylic acids is 2. The number of nitrogen functional groups attached to an aromatic ring is 2. The molecule has 38 heavy (non-hydrogen) atoms. The van der Waals surface area contributed by atoms with Crippen molar-refractivity contribution < 1.29 is 23.8 Å². The molecule has 0 unspecified atom stereocenters. The predicted octanol–water partition coefficient (Wildman–Crippen LogP) is 6.23. The summed E-state index contributed by atoms with van der Waals surface area (Å²) in [5, 5.41) is 0. The maximum absolute atomic E-state index is 12.6. The van der Waals surface area contributed by atoms with Crippen molar-refractivity contribution in [2.75, 3.05) is 18.1 Å². The fourth-order valence-corrected chi connectivity index (χ4v) is 4.46. The molecule has 1 aliphatic carbocycles. The minimum atomic E-state index is -0.488. The van der Waals surface area contributed by atoms with Crippen molar-refractivity contribution in [3.8, 4) is 0 Å². The van der Waals surface area contributed by atoms with Crippen molar-refractivity contribution in [3.05, 3.63) is 77.9 Å². The van der Waals surface area contributed by atoms with Gasteiger partial charge in [-0.2, -0.15) is 0 Å². The average molecular weight is 521 g/mol. The molecule has 2 aromatic rings. The second-order valence-electron chi connectivity index (χ2n) is 9.74. The molecule has 0 bridgehead atoms. The zero-order valence-electron chi connectivity index (χ0n) is 22.1. The minimum Gasteiger partial charge on any atom is -0.459 e. The van der Waals surface area contributed by atoms with Crippen LogP contribution in [0.2, 0.25) is 0 Å². The van der Waals surface area contributed by atoms with Crippen LogP contribution in [-0.4, -0.2) is 30.8 Å². The Morgan fingerprint density at radius 1 is 0.895 bits per heavy atom. The van der Waals surface area contributed by atoms with Crippen molar-refractivity contribution in [2.45, 2.75) is 76.6 Å². The van der Waals surface area contributed by atoms with E-state index in [2.05, 4.69) is 6.58 Å². The Morgan fingerprint density at radius 2 is 1.55 bits per heavy atom. The van der Waals surface area contributed by atoms with Gasteiger partial charge in [0.1, 0.15) is 12.7 Å². The second-order valence-corrected chi connectivity index (χ2v) is 9.74. The molecule has 7 nitrogen and oxygen atoms in total. The number of nitrogens with two attached hydrogens (primary N) is 2. The first-order valence-electron chi connectivity index (χ1n) is 13.5. The zero-order chi connectivity index (χ0) is 27.2. The first kappa shape index (κ1) is 29.0. The van der Waals surface area contributed by atoms with E-state index in [9.17, 15) is 9.59 Å². The van der Waals surface area contributed by atoms with E-state index >= 15 is 0 Å². The zero-order valence-corrected chi connectivity index (χ0v) is 22.1. The highest BCUT2D eigenvalue weighted by Gasteiger charge is 2.24. The Hall–Kier alpha value is -3.58.